The van der Waals surface area contributed by atoms with E-state index < -0.39 is 0 Å². The van der Waals surface area contributed by atoms with Gasteiger partial charge in [0.25, 0.3) is 0 Å². The number of carbonyl (C=O) groups is 1. The number of rotatable bonds is 5. The Balaban J connectivity index is 0. The van der Waals surface area contributed by atoms with Gasteiger partial charge in [-0.15, -0.1) is 0 Å². The van der Waals surface area contributed by atoms with Gasteiger partial charge in [0.05, 0.1) is 6.61 Å². The molecule has 68 valence electrons. The molecule has 0 saturated heterocycles. The van der Waals surface area contributed by atoms with Gasteiger partial charge in [-0.05, 0) is 5.92 Å². The monoisotopic (exact) mass is 161 g/mol. The Hall–Kier alpha value is -0.570. The number of amides is 1. The summed E-state index contributed by atoms with van der Waals surface area (Å²) in [5.74, 6) is 0.537. The third kappa shape index (κ3) is 7.33. The van der Waals surface area contributed by atoms with Gasteiger partial charge in [-0.25, -0.2) is 0 Å². The smallest absolute Gasteiger partial charge is 0.220 e. The van der Waals surface area contributed by atoms with E-state index in [2.05, 4.69) is 5.32 Å². The Morgan fingerprint density at radius 2 is 2.27 bits per heavy atom. The van der Waals surface area contributed by atoms with Crippen molar-refractivity contribution in [2.45, 2.75) is 20.3 Å². The molecule has 0 bridgehead atoms. The molecule has 0 saturated carbocycles. The summed E-state index contributed by atoms with van der Waals surface area (Å²) in [5, 5.41) is 2.75. The average Bonchev–Trinajstić information content (AvgIpc) is 1.86. The topological polar surface area (TPSA) is 38.3 Å². The molecular weight excluding hydrogens is 142 g/mol. The second-order valence-corrected chi connectivity index (χ2v) is 2.94. The summed E-state index contributed by atoms with van der Waals surface area (Å²) in [7, 11) is 1.62. The number of hydrogen-bond donors (Lipinski definition) is 1. The minimum absolute atomic E-state index is 0. The highest BCUT2D eigenvalue weighted by molar-refractivity contribution is 5.75. The van der Waals surface area contributed by atoms with E-state index in [1.807, 2.05) is 13.8 Å². The van der Waals surface area contributed by atoms with Crippen LogP contribution in [0.15, 0.2) is 0 Å². The zero-order valence-electron chi connectivity index (χ0n) is 7.52. The number of hydrogen-bond acceptors (Lipinski definition) is 2. The van der Waals surface area contributed by atoms with Crippen LogP contribution < -0.4 is 5.32 Å². The van der Waals surface area contributed by atoms with E-state index in [0.717, 1.165) is 0 Å². The van der Waals surface area contributed by atoms with Crippen molar-refractivity contribution < 1.29 is 11.0 Å². The molecule has 0 aliphatic heterocycles. The first kappa shape index (κ1) is 10.4. The number of carbonyl (C=O) groups excluding carboxylic acids is 1. The highest BCUT2D eigenvalue weighted by Crippen LogP contribution is 1.97. The van der Waals surface area contributed by atoms with Crippen molar-refractivity contribution in [1.82, 2.24) is 5.32 Å². The lowest BCUT2D eigenvalue weighted by Gasteiger charge is -2.05. The van der Waals surface area contributed by atoms with Gasteiger partial charge in [0.1, 0.15) is 0 Å². The first-order chi connectivity index (χ1) is 5.16. The molecule has 0 aliphatic carbocycles. The van der Waals surface area contributed by atoms with Gasteiger partial charge < -0.3 is 10.1 Å². The molecular formula is C8H19NO2. The molecule has 0 heterocycles. The second kappa shape index (κ2) is 6.16. The van der Waals surface area contributed by atoms with E-state index in [4.69, 9.17) is 4.74 Å². The predicted octanol–water partition coefficient (Wildman–Crippen LogP) is 1.04. The van der Waals surface area contributed by atoms with Crippen LogP contribution in [0.2, 0.25) is 0 Å². The fourth-order valence-electron chi connectivity index (χ4n) is 0.735. The highest BCUT2D eigenvalue weighted by atomic mass is 16.5. The molecule has 11 heavy (non-hydrogen) atoms. The lowest BCUT2D eigenvalue weighted by Crippen LogP contribution is -2.27. The van der Waals surface area contributed by atoms with E-state index >= 15 is 0 Å². The molecule has 0 atom stereocenters. The second-order valence-electron chi connectivity index (χ2n) is 2.94. The van der Waals surface area contributed by atoms with Crippen molar-refractivity contribution in [1.29, 1.82) is 0 Å². The highest BCUT2D eigenvalue weighted by Gasteiger charge is 2.02. The third-order valence-corrected chi connectivity index (χ3v) is 1.22. The molecule has 3 heteroatoms. The minimum Gasteiger partial charge on any atom is -0.383 e. The molecule has 0 aromatic rings. The van der Waals surface area contributed by atoms with Crippen LogP contribution in [0.4, 0.5) is 0 Å². The summed E-state index contributed by atoms with van der Waals surface area (Å²) in [6.45, 7) is 5.25. The Morgan fingerprint density at radius 1 is 1.64 bits per heavy atom. The molecule has 1 amide bonds. The first-order valence-corrected chi connectivity index (χ1v) is 3.92. The fraction of sp³-hybridized carbons (Fsp3) is 0.875. The number of nitrogens with one attached hydrogen (secondary N) is 1. The van der Waals surface area contributed by atoms with Crippen LogP contribution in [-0.4, -0.2) is 26.2 Å². The molecule has 0 aliphatic rings. The summed E-state index contributed by atoms with van der Waals surface area (Å²) in [6.07, 6.45) is 0.601. The van der Waals surface area contributed by atoms with Crippen LogP contribution in [0.25, 0.3) is 0 Å². The Morgan fingerprint density at radius 3 is 2.73 bits per heavy atom. The Labute approximate surface area is 69.6 Å². The fourth-order valence-corrected chi connectivity index (χ4v) is 0.735. The first-order valence-electron chi connectivity index (χ1n) is 3.92. The molecule has 0 aromatic heterocycles. The quantitative estimate of drug-likeness (QED) is 0.612. The lowest BCUT2D eigenvalue weighted by atomic mass is 10.1. The van der Waals surface area contributed by atoms with Gasteiger partial charge in [0.15, 0.2) is 0 Å². The van der Waals surface area contributed by atoms with E-state index in [1.165, 1.54) is 0 Å². The molecule has 0 radical (unpaired) electrons. The zero-order valence-corrected chi connectivity index (χ0v) is 7.52. The molecule has 1 N–H and O–H groups in total. The molecule has 0 rings (SSSR count). The molecule has 0 fully saturated rings. The van der Waals surface area contributed by atoms with E-state index in [1.54, 1.807) is 7.11 Å². The third-order valence-electron chi connectivity index (χ3n) is 1.22. The van der Waals surface area contributed by atoms with E-state index in [0.29, 0.717) is 25.5 Å². The maximum Gasteiger partial charge on any atom is 0.220 e. The number of methoxy groups -OCH3 is 1. The van der Waals surface area contributed by atoms with Crippen molar-refractivity contribution in [3.8, 4) is 0 Å². The van der Waals surface area contributed by atoms with Gasteiger partial charge in [-0.3, -0.25) is 4.79 Å². The standard InChI is InChI=1S/C8H17NO2.H2/c1-7(2)6-8(10)9-4-5-11-3;/h7H,4-6H2,1-3H3,(H,9,10);1H. The maximum absolute atomic E-state index is 11.0. The van der Waals surface area contributed by atoms with E-state index in [9.17, 15) is 4.79 Å². The molecule has 3 nitrogen and oxygen atoms in total. The van der Waals surface area contributed by atoms with Crippen LogP contribution in [0.1, 0.15) is 21.7 Å². The van der Waals surface area contributed by atoms with Crippen molar-refractivity contribution in [2.24, 2.45) is 5.92 Å². The Kier molecular flexibility index (Phi) is 5.84. The van der Waals surface area contributed by atoms with E-state index in [-0.39, 0.29) is 7.33 Å². The largest absolute Gasteiger partial charge is 0.383 e. The van der Waals surface area contributed by atoms with Gasteiger partial charge in [0.2, 0.25) is 5.91 Å². The van der Waals surface area contributed by atoms with Crippen LogP contribution in [-0.2, 0) is 9.53 Å². The van der Waals surface area contributed by atoms with Gasteiger partial charge in [-0.1, -0.05) is 13.8 Å². The Bertz CT molecular complexity index is 118. The SMILES string of the molecule is COCCNC(=O)CC(C)C.[HH]. The normalized spacial score (nSPS) is 10.2. The van der Waals surface area contributed by atoms with Gasteiger partial charge >= 0.3 is 0 Å². The van der Waals surface area contributed by atoms with Gasteiger partial charge in [-0.2, -0.15) is 0 Å². The number of ether oxygens (including phenoxy) is 1. The summed E-state index contributed by atoms with van der Waals surface area (Å²) < 4.78 is 4.78. The van der Waals surface area contributed by atoms with Crippen LogP contribution in [0.5, 0.6) is 0 Å². The summed E-state index contributed by atoms with van der Waals surface area (Å²) in [5.41, 5.74) is 0. The van der Waals surface area contributed by atoms with Crippen LogP contribution in [0.3, 0.4) is 0 Å². The molecule has 0 unspecified atom stereocenters. The summed E-state index contributed by atoms with van der Waals surface area (Å²) >= 11 is 0. The maximum atomic E-state index is 11.0. The van der Waals surface area contributed by atoms with Crippen molar-refractivity contribution in [2.75, 3.05) is 20.3 Å². The zero-order chi connectivity index (χ0) is 8.69. The van der Waals surface area contributed by atoms with Crippen molar-refractivity contribution >= 4 is 5.91 Å². The van der Waals surface area contributed by atoms with Crippen molar-refractivity contribution in [3.63, 3.8) is 0 Å². The molecule has 0 aromatic carbocycles. The van der Waals surface area contributed by atoms with Crippen LogP contribution >= 0.6 is 0 Å². The molecule has 0 spiro atoms. The van der Waals surface area contributed by atoms with Gasteiger partial charge in [0, 0.05) is 21.5 Å². The van der Waals surface area contributed by atoms with Crippen molar-refractivity contribution in [3.05, 3.63) is 0 Å². The average molecular weight is 161 g/mol. The summed E-state index contributed by atoms with van der Waals surface area (Å²) in [4.78, 5) is 11.0. The lowest BCUT2D eigenvalue weighted by molar-refractivity contribution is -0.121. The van der Waals surface area contributed by atoms with Crippen LogP contribution in [0, 0.1) is 5.92 Å². The minimum atomic E-state index is 0. The predicted molar refractivity (Wildman–Crippen MR) is 46.5 cm³/mol. The summed E-state index contributed by atoms with van der Waals surface area (Å²) in [6, 6.07) is 0.